The number of rotatable bonds is 8. The van der Waals surface area contributed by atoms with Crippen molar-refractivity contribution in [3.8, 4) is 5.69 Å². The van der Waals surface area contributed by atoms with Crippen LogP contribution in [0.5, 0.6) is 0 Å². The average Bonchev–Trinajstić information content (AvgIpc) is 3.77. The van der Waals surface area contributed by atoms with Crippen molar-refractivity contribution in [2.24, 2.45) is 0 Å². The van der Waals surface area contributed by atoms with Crippen LogP contribution in [0.25, 0.3) is 5.69 Å². The summed E-state index contributed by atoms with van der Waals surface area (Å²) in [6.45, 7) is 2.25. The number of aryl methyl sites for hydroxylation is 1. The standard InChI is InChI=1S/C26H27N5O3/c1-16-5-6-19(25(33)30-21-9-10-21)14-22(16)31-12-11-27-23(26(31)34)28-15-17-3-2-4-18(13-17)24(32)29-20-7-8-20/h2-6,11-14,20-21H,7-10,15H2,1H3,(H,27,28)(H,29,32)(H,30,33). The zero-order chi connectivity index (χ0) is 23.7. The summed E-state index contributed by atoms with van der Waals surface area (Å²) >= 11 is 0. The lowest BCUT2D eigenvalue weighted by Crippen LogP contribution is -2.27. The first-order chi connectivity index (χ1) is 16.5. The molecule has 3 aromatic rings. The summed E-state index contributed by atoms with van der Waals surface area (Å²) in [4.78, 5) is 42.2. The van der Waals surface area contributed by atoms with Crippen LogP contribution in [-0.4, -0.2) is 33.4 Å². The molecule has 2 saturated carbocycles. The van der Waals surface area contributed by atoms with Crippen molar-refractivity contribution in [3.63, 3.8) is 0 Å². The summed E-state index contributed by atoms with van der Waals surface area (Å²) in [6.07, 6.45) is 7.24. The fourth-order valence-electron chi connectivity index (χ4n) is 3.73. The molecule has 174 valence electrons. The minimum atomic E-state index is -0.312. The van der Waals surface area contributed by atoms with Gasteiger partial charge in [-0.15, -0.1) is 0 Å². The second-order valence-electron chi connectivity index (χ2n) is 9.00. The quantitative estimate of drug-likeness (QED) is 0.482. The van der Waals surface area contributed by atoms with E-state index in [2.05, 4.69) is 20.9 Å². The SMILES string of the molecule is Cc1ccc(C(=O)NC2CC2)cc1-n1ccnc(NCc2cccc(C(=O)NC3CC3)c2)c1=O. The zero-order valence-corrected chi connectivity index (χ0v) is 19.0. The summed E-state index contributed by atoms with van der Waals surface area (Å²) in [5, 5.41) is 9.06. The Hall–Kier alpha value is -3.94. The first-order valence-corrected chi connectivity index (χ1v) is 11.6. The molecule has 0 bridgehead atoms. The summed E-state index contributed by atoms with van der Waals surface area (Å²) in [5.74, 6) is -0.0111. The lowest BCUT2D eigenvalue weighted by atomic mass is 10.1. The third kappa shape index (κ3) is 5.01. The van der Waals surface area contributed by atoms with Crippen molar-refractivity contribution >= 4 is 17.6 Å². The lowest BCUT2D eigenvalue weighted by molar-refractivity contribution is 0.0942. The van der Waals surface area contributed by atoms with Crippen molar-refractivity contribution < 1.29 is 9.59 Å². The zero-order valence-electron chi connectivity index (χ0n) is 19.0. The van der Waals surface area contributed by atoms with Gasteiger partial charge in [-0.2, -0.15) is 0 Å². The second-order valence-corrected chi connectivity index (χ2v) is 9.00. The van der Waals surface area contributed by atoms with Gasteiger partial charge in [-0.05, 0) is 68.0 Å². The van der Waals surface area contributed by atoms with Gasteiger partial charge in [-0.3, -0.25) is 19.0 Å². The van der Waals surface area contributed by atoms with Crippen LogP contribution in [-0.2, 0) is 6.54 Å². The molecule has 8 heteroatoms. The topological polar surface area (TPSA) is 105 Å². The van der Waals surface area contributed by atoms with E-state index in [-0.39, 0.29) is 29.2 Å². The van der Waals surface area contributed by atoms with E-state index in [0.29, 0.717) is 29.4 Å². The highest BCUT2D eigenvalue weighted by Gasteiger charge is 2.25. The minimum Gasteiger partial charge on any atom is -0.361 e. The molecule has 2 aliphatic carbocycles. The molecule has 5 rings (SSSR count). The molecule has 0 atom stereocenters. The van der Waals surface area contributed by atoms with Crippen LogP contribution in [0.4, 0.5) is 5.82 Å². The van der Waals surface area contributed by atoms with E-state index < -0.39 is 0 Å². The molecular weight excluding hydrogens is 430 g/mol. The predicted molar refractivity (Wildman–Crippen MR) is 129 cm³/mol. The number of benzene rings is 2. The molecule has 2 aliphatic rings. The van der Waals surface area contributed by atoms with Gasteiger partial charge in [0.05, 0.1) is 5.69 Å². The number of carbonyl (C=O) groups excluding carboxylic acids is 2. The van der Waals surface area contributed by atoms with E-state index in [1.54, 1.807) is 30.6 Å². The van der Waals surface area contributed by atoms with E-state index in [0.717, 1.165) is 36.8 Å². The maximum absolute atomic E-state index is 13.2. The van der Waals surface area contributed by atoms with Gasteiger partial charge < -0.3 is 16.0 Å². The molecule has 0 saturated heterocycles. The van der Waals surface area contributed by atoms with Crippen LogP contribution in [0.1, 0.15) is 57.5 Å². The third-order valence-electron chi connectivity index (χ3n) is 6.05. The van der Waals surface area contributed by atoms with Gasteiger partial charge in [-0.25, -0.2) is 4.98 Å². The highest BCUT2D eigenvalue weighted by molar-refractivity contribution is 5.95. The molecule has 0 radical (unpaired) electrons. The van der Waals surface area contributed by atoms with E-state index in [1.165, 1.54) is 4.57 Å². The Balaban J connectivity index is 1.34. The van der Waals surface area contributed by atoms with Crippen LogP contribution < -0.4 is 21.5 Å². The van der Waals surface area contributed by atoms with E-state index >= 15 is 0 Å². The van der Waals surface area contributed by atoms with Gasteiger partial charge in [0.25, 0.3) is 17.4 Å². The van der Waals surface area contributed by atoms with Gasteiger partial charge in [-0.1, -0.05) is 18.2 Å². The Labute approximate surface area is 197 Å². The van der Waals surface area contributed by atoms with Crippen LogP contribution in [0, 0.1) is 6.92 Å². The number of hydrogen-bond donors (Lipinski definition) is 3. The van der Waals surface area contributed by atoms with Crippen LogP contribution in [0.2, 0.25) is 0 Å². The summed E-state index contributed by atoms with van der Waals surface area (Å²) in [6, 6.07) is 13.2. The Kier molecular flexibility index (Phi) is 5.88. The van der Waals surface area contributed by atoms with Crippen molar-refractivity contribution in [3.05, 3.63) is 87.5 Å². The van der Waals surface area contributed by atoms with E-state index in [9.17, 15) is 14.4 Å². The van der Waals surface area contributed by atoms with Gasteiger partial charge >= 0.3 is 0 Å². The third-order valence-corrected chi connectivity index (χ3v) is 6.05. The van der Waals surface area contributed by atoms with Crippen LogP contribution in [0.15, 0.2) is 59.7 Å². The van der Waals surface area contributed by atoms with Crippen molar-refractivity contribution in [2.45, 2.75) is 51.2 Å². The fraction of sp³-hybridized carbons (Fsp3) is 0.308. The molecule has 1 aromatic heterocycles. The fourth-order valence-corrected chi connectivity index (χ4v) is 3.73. The largest absolute Gasteiger partial charge is 0.361 e. The maximum atomic E-state index is 13.2. The summed E-state index contributed by atoms with van der Waals surface area (Å²) < 4.78 is 1.50. The molecule has 34 heavy (non-hydrogen) atoms. The Morgan fingerprint density at radius 3 is 2.32 bits per heavy atom. The number of anilines is 1. The van der Waals surface area contributed by atoms with Crippen molar-refractivity contribution in [1.82, 2.24) is 20.2 Å². The first-order valence-electron chi connectivity index (χ1n) is 11.6. The highest BCUT2D eigenvalue weighted by Crippen LogP contribution is 2.21. The Bertz CT molecular complexity index is 1310. The molecular formula is C26H27N5O3. The van der Waals surface area contributed by atoms with E-state index in [4.69, 9.17) is 0 Å². The number of amides is 2. The number of carbonyl (C=O) groups is 2. The molecule has 3 N–H and O–H groups in total. The maximum Gasteiger partial charge on any atom is 0.297 e. The summed E-state index contributed by atoms with van der Waals surface area (Å²) in [5.41, 5.74) is 3.19. The molecule has 2 aromatic carbocycles. The predicted octanol–water partition coefficient (Wildman–Crippen LogP) is 2.94. The Morgan fingerprint density at radius 2 is 1.65 bits per heavy atom. The van der Waals surface area contributed by atoms with Crippen LogP contribution in [0.3, 0.4) is 0 Å². The molecule has 8 nitrogen and oxygen atoms in total. The molecule has 0 unspecified atom stereocenters. The van der Waals surface area contributed by atoms with Gasteiger partial charge in [0.2, 0.25) is 0 Å². The normalized spacial score (nSPS) is 15.0. The summed E-state index contributed by atoms with van der Waals surface area (Å²) in [7, 11) is 0. The smallest absolute Gasteiger partial charge is 0.297 e. The van der Waals surface area contributed by atoms with Gasteiger partial charge in [0.15, 0.2) is 5.82 Å². The monoisotopic (exact) mass is 457 g/mol. The lowest BCUT2D eigenvalue weighted by Gasteiger charge is -2.13. The van der Waals surface area contributed by atoms with Crippen LogP contribution >= 0.6 is 0 Å². The average molecular weight is 458 g/mol. The van der Waals surface area contributed by atoms with Gasteiger partial charge in [0.1, 0.15) is 0 Å². The van der Waals surface area contributed by atoms with Gasteiger partial charge in [0, 0.05) is 42.1 Å². The molecule has 0 spiro atoms. The molecule has 2 fully saturated rings. The molecule has 0 aliphatic heterocycles. The molecule has 1 heterocycles. The molecule has 2 amide bonds. The van der Waals surface area contributed by atoms with Crippen molar-refractivity contribution in [1.29, 1.82) is 0 Å². The minimum absolute atomic E-state index is 0.0781. The van der Waals surface area contributed by atoms with E-state index in [1.807, 2.05) is 31.2 Å². The van der Waals surface area contributed by atoms with Crippen molar-refractivity contribution in [2.75, 3.05) is 5.32 Å². The highest BCUT2D eigenvalue weighted by atomic mass is 16.2. The Morgan fingerprint density at radius 1 is 0.971 bits per heavy atom. The number of nitrogens with zero attached hydrogens (tertiary/aromatic N) is 2. The first kappa shape index (κ1) is 21.9. The second kappa shape index (κ2) is 9.13. The number of nitrogens with one attached hydrogen (secondary N) is 3. The number of hydrogen-bond acceptors (Lipinski definition) is 5. The number of aromatic nitrogens is 2.